The van der Waals surface area contributed by atoms with E-state index in [4.69, 9.17) is 0 Å². The molecule has 3 aromatic rings. The molecule has 0 bridgehead atoms. The number of benzene rings is 3. The monoisotopic (exact) mass is 394 g/mol. The van der Waals surface area contributed by atoms with E-state index in [1.54, 1.807) is 0 Å². The molecular weight excluding hydrogens is 368 g/mol. The van der Waals surface area contributed by atoms with Crippen LogP contribution in [0.15, 0.2) is 79.0 Å². The lowest BCUT2D eigenvalue weighted by Crippen LogP contribution is -2.34. The van der Waals surface area contributed by atoms with Gasteiger partial charge >= 0.3 is 0 Å². The van der Waals surface area contributed by atoms with E-state index in [1.165, 1.54) is 34.4 Å². The first-order valence-corrected chi connectivity index (χ1v) is 10.8. The molecule has 150 valence electrons. The predicted molar refractivity (Wildman–Crippen MR) is 123 cm³/mol. The number of amides is 1. The van der Waals surface area contributed by atoms with E-state index in [0.717, 1.165) is 19.5 Å². The number of carbonyl (C=O) groups is 1. The van der Waals surface area contributed by atoms with E-state index in [9.17, 15) is 4.79 Å². The molecule has 0 spiro atoms. The Morgan fingerprint density at radius 3 is 2.63 bits per heavy atom. The lowest BCUT2D eigenvalue weighted by atomic mass is 9.88. The number of rotatable bonds is 3. The van der Waals surface area contributed by atoms with Gasteiger partial charge in [-0.25, -0.2) is 0 Å². The molecule has 0 unspecified atom stereocenters. The van der Waals surface area contributed by atoms with Crippen molar-refractivity contribution in [3.05, 3.63) is 107 Å². The van der Waals surface area contributed by atoms with Crippen molar-refractivity contribution in [1.82, 2.24) is 4.90 Å². The van der Waals surface area contributed by atoms with Gasteiger partial charge in [-0.15, -0.1) is 0 Å². The summed E-state index contributed by atoms with van der Waals surface area (Å²) < 4.78 is 0. The van der Waals surface area contributed by atoms with E-state index in [1.807, 2.05) is 47.5 Å². The zero-order valence-electron chi connectivity index (χ0n) is 17.3. The third kappa shape index (κ3) is 3.21. The molecule has 30 heavy (non-hydrogen) atoms. The van der Waals surface area contributed by atoms with E-state index in [0.29, 0.717) is 5.56 Å². The van der Waals surface area contributed by atoms with Gasteiger partial charge in [0.05, 0.1) is 6.04 Å². The fraction of sp³-hybridized carbons (Fsp3) is 0.222. The third-order valence-electron chi connectivity index (χ3n) is 6.25. The molecular formula is C27H26N2O. The Balaban J connectivity index is 1.61. The summed E-state index contributed by atoms with van der Waals surface area (Å²) in [6.07, 6.45) is 6.26. The van der Waals surface area contributed by atoms with Crippen LogP contribution in [0.1, 0.15) is 52.0 Å². The van der Waals surface area contributed by atoms with Gasteiger partial charge < -0.3 is 9.80 Å². The molecule has 0 saturated carbocycles. The Kier molecular flexibility index (Phi) is 4.88. The van der Waals surface area contributed by atoms with Gasteiger partial charge in [-0.3, -0.25) is 4.79 Å². The van der Waals surface area contributed by atoms with Crippen molar-refractivity contribution in [3.63, 3.8) is 0 Å². The smallest absolute Gasteiger partial charge is 0.258 e. The van der Waals surface area contributed by atoms with Crippen LogP contribution in [0.2, 0.25) is 0 Å². The van der Waals surface area contributed by atoms with Crippen LogP contribution in [0.5, 0.6) is 0 Å². The van der Waals surface area contributed by atoms with Crippen LogP contribution in [0, 0.1) is 0 Å². The van der Waals surface area contributed by atoms with Crippen molar-refractivity contribution < 1.29 is 4.79 Å². The van der Waals surface area contributed by atoms with Crippen LogP contribution in [0.25, 0.3) is 6.08 Å². The number of nitrogens with zero attached hydrogens (tertiary/aromatic N) is 2. The molecule has 0 aromatic heterocycles. The molecule has 3 heteroatoms. The molecule has 0 aliphatic carbocycles. The Labute approximate surface area is 178 Å². The highest BCUT2D eigenvalue weighted by Gasteiger charge is 2.31. The first kappa shape index (κ1) is 18.7. The third-order valence-corrected chi connectivity index (χ3v) is 6.25. The molecule has 2 aliphatic rings. The quantitative estimate of drug-likeness (QED) is 0.571. The molecule has 2 heterocycles. The Morgan fingerprint density at radius 2 is 1.80 bits per heavy atom. The molecule has 0 N–H and O–H groups in total. The second-order valence-electron chi connectivity index (χ2n) is 8.00. The number of hydrogen-bond acceptors (Lipinski definition) is 2. The summed E-state index contributed by atoms with van der Waals surface area (Å²) in [7, 11) is 0. The molecule has 1 amide bonds. The lowest BCUT2D eigenvalue weighted by Gasteiger charge is -2.36. The van der Waals surface area contributed by atoms with Crippen LogP contribution in [-0.2, 0) is 6.42 Å². The van der Waals surface area contributed by atoms with Crippen LogP contribution >= 0.6 is 0 Å². The van der Waals surface area contributed by atoms with Crippen LogP contribution in [-0.4, -0.2) is 23.9 Å². The van der Waals surface area contributed by atoms with Gasteiger partial charge in [-0.1, -0.05) is 54.6 Å². The fourth-order valence-electron chi connectivity index (χ4n) is 4.76. The summed E-state index contributed by atoms with van der Waals surface area (Å²) in [6, 6.07) is 24.6. The Morgan fingerprint density at radius 1 is 1.00 bits per heavy atom. The van der Waals surface area contributed by atoms with E-state index in [-0.39, 0.29) is 11.9 Å². The Bertz CT molecular complexity index is 1100. The molecule has 5 rings (SSSR count). The first-order chi connectivity index (χ1) is 14.8. The van der Waals surface area contributed by atoms with Crippen molar-refractivity contribution >= 4 is 17.7 Å². The number of aryl methyl sites for hydroxylation is 1. The molecule has 0 saturated heterocycles. The molecule has 0 fully saturated rings. The van der Waals surface area contributed by atoms with Crippen molar-refractivity contribution in [2.24, 2.45) is 0 Å². The largest absolute Gasteiger partial charge is 0.372 e. The minimum atomic E-state index is -0.124. The maximum absolute atomic E-state index is 13.4. The van der Waals surface area contributed by atoms with Crippen molar-refractivity contribution in [2.45, 2.75) is 25.8 Å². The summed E-state index contributed by atoms with van der Waals surface area (Å²) in [5.74, 6) is 0.0271. The van der Waals surface area contributed by atoms with Gasteiger partial charge in [0.2, 0.25) is 0 Å². The van der Waals surface area contributed by atoms with Gasteiger partial charge in [0.15, 0.2) is 0 Å². The maximum atomic E-state index is 13.4. The average Bonchev–Trinajstić information content (AvgIpc) is 2.82. The molecule has 1 atom stereocenters. The predicted octanol–water partition coefficient (Wildman–Crippen LogP) is 5.68. The summed E-state index contributed by atoms with van der Waals surface area (Å²) in [4.78, 5) is 17.8. The van der Waals surface area contributed by atoms with Crippen LogP contribution in [0.3, 0.4) is 0 Å². The average molecular weight is 395 g/mol. The van der Waals surface area contributed by atoms with Crippen LogP contribution in [0.4, 0.5) is 5.69 Å². The Hall–Kier alpha value is -3.33. The van der Waals surface area contributed by atoms with Crippen molar-refractivity contribution in [1.29, 1.82) is 0 Å². The highest BCUT2D eigenvalue weighted by Crippen LogP contribution is 2.39. The van der Waals surface area contributed by atoms with E-state index < -0.39 is 0 Å². The second kappa shape index (κ2) is 7.83. The zero-order chi connectivity index (χ0) is 20.5. The zero-order valence-corrected chi connectivity index (χ0v) is 17.3. The normalized spacial score (nSPS) is 17.4. The maximum Gasteiger partial charge on any atom is 0.258 e. The van der Waals surface area contributed by atoms with Crippen molar-refractivity contribution in [2.75, 3.05) is 18.0 Å². The van der Waals surface area contributed by atoms with Crippen LogP contribution < -0.4 is 4.90 Å². The summed E-state index contributed by atoms with van der Waals surface area (Å²) in [5, 5.41) is 0. The number of hydrogen-bond donors (Lipinski definition) is 0. The van der Waals surface area contributed by atoms with E-state index in [2.05, 4.69) is 54.3 Å². The topological polar surface area (TPSA) is 23.6 Å². The van der Waals surface area contributed by atoms with Gasteiger partial charge in [0.25, 0.3) is 5.91 Å². The lowest BCUT2D eigenvalue weighted by molar-refractivity contribution is 0.0787. The van der Waals surface area contributed by atoms with Gasteiger partial charge in [-0.05, 0) is 66.3 Å². The standard InChI is InChI=1S/C27H26N2O/c1-2-28-17-8-12-22-19-23(14-15-25(22)28)26-24-13-7-6-9-20(24)16-18-29(26)27(30)21-10-4-3-5-11-21/h3-7,9-11,13-16,18-19,26H,2,8,12,17H2,1H3/t26-/m1/s1. The summed E-state index contributed by atoms with van der Waals surface area (Å²) in [6.45, 7) is 4.36. The minimum absolute atomic E-state index is 0.0271. The molecule has 3 nitrogen and oxygen atoms in total. The number of fused-ring (bicyclic) bond motifs is 2. The molecule has 0 radical (unpaired) electrons. The molecule has 2 aliphatic heterocycles. The SMILES string of the molecule is CCN1CCCc2cc([C@@H]3c4ccccc4C=CN3C(=O)c3ccccc3)ccc21. The summed E-state index contributed by atoms with van der Waals surface area (Å²) in [5.41, 5.74) is 6.96. The summed E-state index contributed by atoms with van der Waals surface area (Å²) >= 11 is 0. The van der Waals surface area contributed by atoms with E-state index >= 15 is 0 Å². The van der Waals surface area contributed by atoms with Gasteiger partial charge in [-0.2, -0.15) is 0 Å². The second-order valence-corrected chi connectivity index (χ2v) is 8.00. The first-order valence-electron chi connectivity index (χ1n) is 10.8. The van der Waals surface area contributed by atoms with Gasteiger partial charge in [0.1, 0.15) is 0 Å². The number of anilines is 1. The minimum Gasteiger partial charge on any atom is -0.372 e. The van der Waals surface area contributed by atoms with Gasteiger partial charge in [0, 0.05) is 30.5 Å². The fourth-order valence-corrected chi connectivity index (χ4v) is 4.76. The number of carbonyl (C=O) groups excluding carboxylic acids is 1. The molecule has 3 aromatic carbocycles. The van der Waals surface area contributed by atoms with Crippen molar-refractivity contribution in [3.8, 4) is 0 Å². The highest BCUT2D eigenvalue weighted by atomic mass is 16.2. The highest BCUT2D eigenvalue weighted by molar-refractivity contribution is 5.96.